The van der Waals surface area contributed by atoms with Gasteiger partial charge in [0.1, 0.15) is 0 Å². The number of carbonyl (C=O) groups is 3. The number of rotatable bonds is 5. The molecule has 1 aliphatic heterocycles. The molecule has 2 heterocycles. The number of amides is 2. The first-order valence-electron chi connectivity index (χ1n) is 8.10. The van der Waals surface area contributed by atoms with Crippen molar-refractivity contribution in [1.29, 1.82) is 0 Å². The Morgan fingerprint density at radius 3 is 2.85 bits per heavy atom. The zero-order valence-electron chi connectivity index (χ0n) is 13.9. The zero-order valence-corrected chi connectivity index (χ0v) is 14.7. The van der Waals surface area contributed by atoms with Gasteiger partial charge in [-0.25, -0.2) is 0 Å². The Morgan fingerprint density at radius 2 is 2.12 bits per heavy atom. The van der Waals surface area contributed by atoms with Gasteiger partial charge in [0.2, 0.25) is 0 Å². The van der Waals surface area contributed by atoms with Crippen LogP contribution in [0, 0.1) is 0 Å². The van der Waals surface area contributed by atoms with Gasteiger partial charge in [0, 0.05) is 29.3 Å². The van der Waals surface area contributed by atoms with Crippen molar-refractivity contribution in [3.05, 3.63) is 54.0 Å². The van der Waals surface area contributed by atoms with Gasteiger partial charge in [0.05, 0.1) is 18.7 Å². The molecule has 1 atom stereocenters. The Balaban J connectivity index is 1.74. The lowest BCUT2D eigenvalue weighted by Crippen LogP contribution is -2.47. The SMILES string of the molecule is O=C(O)CC1CSCCN1C(=O)c1cccc(NC(=O)c2ccco2)c1. The van der Waals surface area contributed by atoms with E-state index in [9.17, 15) is 14.4 Å². The maximum atomic E-state index is 12.9. The Bertz CT molecular complexity index is 806. The largest absolute Gasteiger partial charge is 0.481 e. The molecule has 0 spiro atoms. The molecule has 1 fully saturated rings. The molecule has 0 aliphatic carbocycles. The van der Waals surface area contributed by atoms with Gasteiger partial charge in [-0.3, -0.25) is 14.4 Å². The van der Waals surface area contributed by atoms with E-state index in [0.717, 1.165) is 5.75 Å². The number of nitrogens with one attached hydrogen (secondary N) is 1. The molecule has 2 aromatic rings. The molecule has 1 aliphatic rings. The van der Waals surface area contributed by atoms with Crippen molar-refractivity contribution in [1.82, 2.24) is 4.90 Å². The second kappa shape index (κ2) is 8.09. The van der Waals surface area contributed by atoms with E-state index in [2.05, 4.69) is 5.32 Å². The van der Waals surface area contributed by atoms with Gasteiger partial charge in [-0.2, -0.15) is 11.8 Å². The van der Waals surface area contributed by atoms with E-state index in [-0.39, 0.29) is 24.1 Å². The molecule has 0 radical (unpaired) electrons. The molecule has 2 N–H and O–H groups in total. The fourth-order valence-corrected chi connectivity index (χ4v) is 3.85. The van der Waals surface area contributed by atoms with Crippen molar-refractivity contribution in [3.63, 3.8) is 0 Å². The highest BCUT2D eigenvalue weighted by molar-refractivity contribution is 7.99. The van der Waals surface area contributed by atoms with E-state index in [4.69, 9.17) is 9.52 Å². The summed E-state index contributed by atoms with van der Waals surface area (Å²) in [5.41, 5.74) is 0.878. The van der Waals surface area contributed by atoms with E-state index < -0.39 is 11.9 Å². The van der Waals surface area contributed by atoms with Crippen LogP contribution in [-0.4, -0.2) is 51.9 Å². The monoisotopic (exact) mass is 374 g/mol. The van der Waals surface area contributed by atoms with E-state index in [0.29, 0.717) is 23.5 Å². The molecule has 7 nitrogen and oxygen atoms in total. The number of anilines is 1. The molecule has 0 bridgehead atoms. The third-order valence-electron chi connectivity index (χ3n) is 4.01. The molecule has 1 saturated heterocycles. The van der Waals surface area contributed by atoms with Crippen LogP contribution in [0.3, 0.4) is 0 Å². The van der Waals surface area contributed by atoms with E-state index in [1.165, 1.54) is 6.26 Å². The molecule has 1 unspecified atom stereocenters. The summed E-state index contributed by atoms with van der Waals surface area (Å²) in [5.74, 6) is -0.00144. The molecule has 26 heavy (non-hydrogen) atoms. The van der Waals surface area contributed by atoms with E-state index in [1.54, 1.807) is 53.1 Å². The summed E-state index contributed by atoms with van der Waals surface area (Å²) in [4.78, 5) is 37.6. The third kappa shape index (κ3) is 4.26. The lowest BCUT2D eigenvalue weighted by atomic mass is 10.1. The van der Waals surface area contributed by atoms with Crippen LogP contribution in [0.15, 0.2) is 47.1 Å². The summed E-state index contributed by atoms with van der Waals surface area (Å²) < 4.78 is 5.05. The summed E-state index contributed by atoms with van der Waals surface area (Å²) in [6.07, 6.45) is 1.33. The fraction of sp³-hybridized carbons (Fsp3) is 0.278. The number of nitrogens with zero attached hydrogens (tertiary/aromatic N) is 1. The van der Waals surface area contributed by atoms with Crippen LogP contribution in [0.25, 0.3) is 0 Å². The molecule has 2 amide bonds. The highest BCUT2D eigenvalue weighted by atomic mass is 32.2. The number of aliphatic carboxylic acids is 1. The summed E-state index contributed by atoms with van der Waals surface area (Å²) in [6, 6.07) is 9.43. The third-order valence-corrected chi connectivity index (χ3v) is 5.10. The Labute approximate surface area is 154 Å². The number of hydrogen-bond acceptors (Lipinski definition) is 5. The molecule has 8 heteroatoms. The average molecular weight is 374 g/mol. The highest BCUT2D eigenvalue weighted by Crippen LogP contribution is 2.22. The van der Waals surface area contributed by atoms with Gasteiger partial charge >= 0.3 is 5.97 Å². The molecule has 136 valence electrons. The fourth-order valence-electron chi connectivity index (χ4n) is 2.79. The van der Waals surface area contributed by atoms with Crippen molar-refractivity contribution in [3.8, 4) is 0 Å². The number of furan rings is 1. The number of thioether (sulfide) groups is 1. The van der Waals surface area contributed by atoms with E-state index >= 15 is 0 Å². The topological polar surface area (TPSA) is 99.9 Å². The summed E-state index contributed by atoms with van der Waals surface area (Å²) in [5, 5.41) is 11.8. The summed E-state index contributed by atoms with van der Waals surface area (Å²) >= 11 is 1.65. The van der Waals surface area contributed by atoms with Crippen LogP contribution in [0.5, 0.6) is 0 Å². The predicted octanol–water partition coefficient (Wildman–Crippen LogP) is 2.56. The van der Waals surface area contributed by atoms with Gasteiger partial charge in [0.15, 0.2) is 5.76 Å². The molecule has 0 saturated carbocycles. The van der Waals surface area contributed by atoms with Crippen molar-refractivity contribution in [2.75, 3.05) is 23.4 Å². The van der Waals surface area contributed by atoms with Crippen LogP contribution in [0.1, 0.15) is 27.3 Å². The second-order valence-corrected chi connectivity index (χ2v) is 6.99. The smallest absolute Gasteiger partial charge is 0.305 e. The maximum absolute atomic E-state index is 12.9. The summed E-state index contributed by atoms with van der Waals surface area (Å²) in [6.45, 7) is 0.504. The van der Waals surface area contributed by atoms with Crippen LogP contribution >= 0.6 is 11.8 Å². The van der Waals surface area contributed by atoms with Crippen LogP contribution in [-0.2, 0) is 4.79 Å². The number of hydrogen-bond donors (Lipinski definition) is 2. The van der Waals surface area contributed by atoms with Gasteiger partial charge < -0.3 is 19.7 Å². The normalized spacial score (nSPS) is 16.9. The lowest BCUT2D eigenvalue weighted by molar-refractivity contribution is -0.138. The number of benzene rings is 1. The molecule has 3 rings (SSSR count). The van der Waals surface area contributed by atoms with Gasteiger partial charge in [-0.1, -0.05) is 6.07 Å². The molecule has 1 aromatic heterocycles. The minimum absolute atomic E-state index is 0.0757. The maximum Gasteiger partial charge on any atom is 0.305 e. The quantitative estimate of drug-likeness (QED) is 0.834. The number of carboxylic acids is 1. The standard InChI is InChI=1S/C18H18N2O5S/c21-16(22)10-14-11-26-8-6-20(14)18(24)12-3-1-4-13(9-12)19-17(23)15-5-2-7-25-15/h1-5,7,9,14H,6,8,10-11H2,(H,19,23)(H,21,22). The van der Waals surface area contributed by atoms with Crippen molar-refractivity contribution < 1.29 is 23.9 Å². The van der Waals surface area contributed by atoms with E-state index in [1.807, 2.05) is 0 Å². The Hall–Kier alpha value is -2.74. The number of carbonyl (C=O) groups excluding carboxylic acids is 2. The lowest BCUT2D eigenvalue weighted by Gasteiger charge is -2.34. The molecule has 1 aromatic carbocycles. The first-order valence-corrected chi connectivity index (χ1v) is 9.25. The van der Waals surface area contributed by atoms with Crippen molar-refractivity contribution in [2.24, 2.45) is 0 Å². The van der Waals surface area contributed by atoms with Crippen LogP contribution in [0.2, 0.25) is 0 Å². The van der Waals surface area contributed by atoms with Gasteiger partial charge in [0.25, 0.3) is 11.8 Å². The average Bonchev–Trinajstić information content (AvgIpc) is 3.16. The molecular formula is C18H18N2O5S. The van der Waals surface area contributed by atoms with Gasteiger partial charge in [-0.05, 0) is 30.3 Å². The minimum Gasteiger partial charge on any atom is -0.481 e. The van der Waals surface area contributed by atoms with Crippen molar-refractivity contribution in [2.45, 2.75) is 12.5 Å². The summed E-state index contributed by atoms with van der Waals surface area (Å²) in [7, 11) is 0. The zero-order chi connectivity index (χ0) is 18.5. The molecular weight excluding hydrogens is 356 g/mol. The van der Waals surface area contributed by atoms with Crippen molar-refractivity contribution >= 4 is 35.2 Å². The second-order valence-electron chi connectivity index (χ2n) is 5.84. The Kier molecular flexibility index (Phi) is 5.62. The number of carboxylic acid groups (broad SMARTS) is 1. The minimum atomic E-state index is -0.922. The Morgan fingerprint density at radius 1 is 1.27 bits per heavy atom. The first kappa shape index (κ1) is 18.1. The van der Waals surface area contributed by atoms with Crippen LogP contribution in [0.4, 0.5) is 5.69 Å². The van der Waals surface area contributed by atoms with Gasteiger partial charge in [-0.15, -0.1) is 0 Å². The predicted molar refractivity (Wildman–Crippen MR) is 97.5 cm³/mol. The van der Waals surface area contributed by atoms with Crippen LogP contribution < -0.4 is 5.32 Å². The highest BCUT2D eigenvalue weighted by Gasteiger charge is 2.29. The first-order chi connectivity index (χ1) is 12.5.